The summed E-state index contributed by atoms with van der Waals surface area (Å²) in [7, 11) is -3.18. The Kier molecular flexibility index (Phi) is 8.65. The average Bonchev–Trinajstić information content (AvgIpc) is 2.71. The van der Waals surface area contributed by atoms with Gasteiger partial charge < -0.3 is 0 Å². The van der Waals surface area contributed by atoms with Gasteiger partial charge in [-0.25, -0.2) is 0 Å². The molecule has 0 amide bonds. The van der Waals surface area contributed by atoms with Crippen molar-refractivity contribution in [1.29, 1.82) is 0 Å². The fourth-order valence-corrected chi connectivity index (χ4v) is 6.83. The molecule has 0 atom stereocenters. The summed E-state index contributed by atoms with van der Waals surface area (Å²) in [6.07, 6.45) is 8.24. The third kappa shape index (κ3) is 7.01. The molecular formula is C31H48O3P+. The fraction of sp³-hybridized carbons (Fsp3) is 0.613. The normalized spacial score (nSPS) is 15.4. The molecule has 0 radical (unpaired) electrons. The van der Waals surface area contributed by atoms with Gasteiger partial charge in [-0.15, -0.1) is 0 Å². The standard InChI is InChI=1S/C31H48O3P/c1-10-11-12-13-14-15-16-35(32)33-28-24(17-22(2)19-26(28)30(4,5)6)21-25-18-23(3)20-27(29(25)34-35)31(7,8)9/h17-20,32H,10-16,21H2,1-9H3/q+1. The van der Waals surface area contributed by atoms with Crippen molar-refractivity contribution in [2.45, 2.75) is 118 Å². The molecule has 1 aliphatic heterocycles. The summed E-state index contributed by atoms with van der Waals surface area (Å²) in [4.78, 5) is 12.1. The molecule has 1 N–H and O–H groups in total. The van der Waals surface area contributed by atoms with Crippen LogP contribution in [0.15, 0.2) is 24.3 Å². The molecule has 3 nitrogen and oxygen atoms in total. The third-order valence-electron chi connectivity index (χ3n) is 6.88. The molecule has 35 heavy (non-hydrogen) atoms. The van der Waals surface area contributed by atoms with Gasteiger partial charge in [-0.3, -0.25) is 9.05 Å². The maximum absolute atomic E-state index is 12.1. The van der Waals surface area contributed by atoms with E-state index in [1.54, 1.807) is 0 Å². The highest BCUT2D eigenvalue weighted by Gasteiger charge is 2.48. The van der Waals surface area contributed by atoms with Crippen LogP contribution in [-0.4, -0.2) is 11.1 Å². The topological polar surface area (TPSA) is 38.7 Å². The Hall–Kier alpha value is -1.57. The molecule has 0 unspecified atom stereocenters. The molecule has 0 spiro atoms. The molecular weight excluding hydrogens is 451 g/mol. The highest BCUT2D eigenvalue weighted by molar-refractivity contribution is 7.61. The van der Waals surface area contributed by atoms with Crippen LogP contribution in [0.2, 0.25) is 0 Å². The maximum atomic E-state index is 12.1. The van der Waals surface area contributed by atoms with Gasteiger partial charge in [0, 0.05) is 28.7 Å². The average molecular weight is 500 g/mol. The predicted octanol–water partition coefficient (Wildman–Crippen LogP) is 9.38. The summed E-state index contributed by atoms with van der Waals surface area (Å²) in [5, 5.41) is 0. The number of hydrogen-bond acceptors (Lipinski definition) is 3. The molecule has 0 aliphatic carbocycles. The zero-order valence-corrected chi connectivity index (χ0v) is 24.6. The summed E-state index contributed by atoms with van der Waals surface area (Å²) in [6.45, 7) is 19.8. The molecule has 4 heteroatoms. The van der Waals surface area contributed by atoms with Crippen LogP contribution < -0.4 is 9.05 Å². The van der Waals surface area contributed by atoms with E-state index in [9.17, 15) is 4.89 Å². The number of unbranched alkanes of at least 4 members (excludes halogenated alkanes) is 5. The Balaban J connectivity index is 2.13. The summed E-state index contributed by atoms with van der Waals surface area (Å²) >= 11 is 0. The summed E-state index contributed by atoms with van der Waals surface area (Å²) in [6, 6.07) is 8.89. The van der Waals surface area contributed by atoms with E-state index in [1.165, 1.54) is 36.8 Å². The Bertz CT molecular complexity index is 955. The lowest BCUT2D eigenvalue weighted by molar-refractivity contribution is 0.330. The van der Waals surface area contributed by atoms with Crippen molar-refractivity contribution < 1.29 is 13.9 Å². The van der Waals surface area contributed by atoms with Crippen LogP contribution >= 0.6 is 7.94 Å². The smallest absolute Gasteiger partial charge is 0.277 e. The van der Waals surface area contributed by atoms with Crippen molar-refractivity contribution in [2.75, 3.05) is 6.16 Å². The lowest BCUT2D eigenvalue weighted by atomic mass is 9.81. The number of hydrogen-bond donors (Lipinski definition) is 1. The summed E-state index contributed by atoms with van der Waals surface area (Å²) in [5.74, 6) is 1.66. The van der Waals surface area contributed by atoms with E-state index < -0.39 is 7.94 Å². The molecule has 0 bridgehead atoms. The molecule has 0 saturated heterocycles. The number of aryl methyl sites for hydroxylation is 2. The van der Waals surface area contributed by atoms with E-state index in [0.29, 0.717) is 6.16 Å². The minimum absolute atomic E-state index is 0.105. The molecule has 2 aromatic carbocycles. The van der Waals surface area contributed by atoms with Crippen LogP contribution in [0, 0.1) is 13.8 Å². The third-order valence-corrected chi connectivity index (χ3v) is 8.70. The van der Waals surface area contributed by atoms with Gasteiger partial charge in [0.25, 0.3) is 0 Å². The van der Waals surface area contributed by atoms with E-state index in [4.69, 9.17) is 9.05 Å². The summed E-state index contributed by atoms with van der Waals surface area (Å²) in [5.41, 5.74) is 6.81. The maximum Gasteiger partial charge on any atom is 0.495 e. The van der Waals surface area contributed by atoms with E-state index in [-0.39, 0.29) is 10.8 Å². The largest absolute Gasteiger partial charge is 0.495 e. The first-order valence-corrected chi connectivity index (χ1v) is 15.3. The van der Waals surface area contributed by atoms with E-state index in [0.717, 1.165) is 53.0 Å². The van der Waals surface area contributed by atoms with Crippen molar-refractivity contribution in [2.24, 2.45) is 0 Å². The van der Waals surface area contributed by atoms with Gasteiger partial charge in [-0.05, 0) is 37.5 Å². The van der Waals surface area contributed by atoms with Crippen LogP contribution in [0.5, 0.6) is 11.5 Å². The van der Waals surface area contributed by atoms with Crippen molar-refractivity contribution in [3.05, 3.63) is 57.6 Å². The molecule has 3 rings (SSSR count). The first-order valence-electron chi connectivity index (χ1n) is 13.5. The van der Waals surface area contributed by atoms with Crippen molar-refractivity contribution in [1.82, 2.24) is 0 Å². The first kappa shape index (κ1) is 28.0. The van der Waals surface area contributed by atoms with Gasteiger partial charge >= 0.3 is 7.94 Å². The fourth-order valence-electron chi connectivity index (χ4n) is 4.98. The number of rotatable bonds is 7. The monoisotopic (exact) mass is 499 g/mol. The lowest BCUT2D eigenvalue weighted by Crippen LogP contribution is -2.23. The first-order chi connectivity index (χ1) is 16.2. The Morgan fingerprint density at radius 2 is 1.14 bits per heavy atom. The summed E-state index contributed by atoms with van der Waals surface area (Å²) < 4.78 is 13.3. The van der Waals surface area contributed by atoms with Crippen molar-refractivity contribution in [3.8, 4) is 11.5 Å². The van der Waals surface area contributed by atoms with E-state index >= 15 is 0 Å². The van der Waals surface area contributed by atoms with Gasteiger partial charge in [0.15, 0.2) is 17.7 Å². The molecule has 0 saturated carbocycles. The Morgan fingerprint density at radius 1 is 0.714 bits per heavy atom. The lowest BCUT2D eigenvalue weighted by Gasteiger charge is -2.31. The van der Waals surface area contributed by atoms with Gasteiger partial charge in [-0.1, -0.05) is 110 Å². The molecule has 2 aromatic rings. The second kappa shape index (κ2) is 10.8. The quantitative estimate of drug-likeness (QED) is 0.305. The zero-order valence-electron chi connectivity index (χ0n) is 23.7. The second-order valence-corrected chi connectivity index (χ2v) is 14.7. The van der Waals surface area contributed by atoms with Crippen LogP contribution in [0.25, 0.3) is 0 Å². The SMILES string of the molecule is CCCCCCCC[P+]1(O)Oc2c(cc(C)cc2C(C)(C)C)Cc2cc(C)cc(C(C)(C)C)c2O1. The van der Waals surface area contributed by atoms with E-state index in [2.05, 4.69) is 86.6 Å². The number of fused-ring (bicyclic) bond motifs is 2. The molecule has 1 heterocycles. The van der Waals surface area contributed by atoms with Gasteiger partial charge in [0.05, 0.1) is 0 Å². The van der Waals surface area contributed by atoms with Crippen molar-refractivity contribution in [3.63, 3.8) is 0 Å². The Labute approximate surface area is 215 Å². The number of benzene rings is 2. The second-order valence-electron chi connectivity index (χ2n) is 12.6. The van der Waals surface area contributed by atoms with Crippen LogP contribution in [0.1, 0.15) is 120 Å². The van der Waals surface area contributed by atoms with Gasteiger partial charge in [0.2, 0.25) is 0 Å². The molecule has 0 fully saturated rings. The molecule has 1 aliphatic rings. The van der Waals surface area contributed by atoms with Crippen LogP contribution in [-0.2, 0) is 17.3 Å². The minimum atomic E-state index is -3.18. The van der Waals surface area contributed by atoms with Gasteiger partial charge in [-0.2, -0.15) is 4.89 Å². The molecule has 0 aromatic heterocycles. The highest BCUT2D eigenvalue weighted by Crippen LogP contribution is 2.61. The Morgan fingerprint density at radius 3 is 1.57 bits per heavy atom. The molecule has 194 valence electrons. The van der Waals surface area contributed by atoms with Gasteiger partial charge in [0.1, 0.15) is 0 Å². The predicted molar refractivity (Wildman–Crippen MR) is 151 cm³/mol. The minimum Gasteiger partial charge on any atom is -0.277 e. The zero-order chi connectivity index (χ0) is 26.0. The van der Waals surface area contributed by atoms with Crippen LogP contribution in [0.4, 0.5) is 0 Å². The van der Waals surface area contributed by atoms with E-state index in [1.807, 2.05) is 0 Å². The highest BCUT2D eigenvalue weighted by atomic mass is 31.2. The van der Waals surface area contributed by atoms with Crippen molar-refractivity contribution >= 4 is 7.94 Å². The van der Waals surface area contributed by atoms with Crippen LogP contribution in [0.3, 0.4) is 0 Å².